The van der Waals surface area contributed by atoms with Gasteiger partial charge in [0, 0.05) is 13.6 Å². The summed E-state index contributed by atoms with van der Waals surface area (Å²) in [5, 5.41) is 2.74. The summed E-state index contributed by atoms with van der Waals surface area (Å²) in [7, 11) is 1.63. The number of fused-ring (bicyclic) bond motifs is 2. The molecule has 1 unspecified atom stereocenters. The largest absolute Gasteiger partial charge is 0.466 e. The fourth-order valence-corrected chi connectivity index (χ4v) is 3.06. The zero-order valence-electron chi connectivity index (χ0n) is 14.4. The summed E-state index contributed by atoms with van der Waals surface area (Å²) in [4.78, 5) is 26.9. The molecule has 2 amide bonds. The SMILES string of the molecule is CN(Cc1ccc2c(c1)OCO2)C(=O)C1(C)Oc2ccccc2NC1=O. The van der Waals surface area contributed by atoms with Crippen molar-refractivity contribution in [3.05, 3.63) is 48.0 Å². The molecule has 4 rings (SSSR count). The van der Waals surface area contributed by atoms with Crippen molar-refractivity contribution in [3.63, 3.8) is 0 Å². The first-order valence-electron chi connectivity index (χ1n) is 8.21. The molecule has 1 atom stereocenters. The van der Waals surface area contributed by atoms with Crippen LogP contribution in [-0.2, 0) is 16.1 Å². The monoisotopic (exact) mass is 354 g/mol. The van der Waals surface area contributed by atoms with Crippen LogP contribution in [0.5, 0.6) is 17.2 Å². The van der Waals surface area contributed by atoms with Crippen molar-refractivity contribution in [2.45, 2.75) is 19.1 Å². The van der Waals surface area contributed by atoms with E-state index in [9.17, 15) is 9.59 Å². The Morgan fingerprint density at radius 2 is 1.92 bits per heavy atom. The molecule has 0 saturated carbocycles. The zero-order chi connectivity index (χ0) is 18.3. The van der Waals surface area contributed by atoms with E-state index < -0.39 is 17.4 Å². The Morgan fingerprint density at radius 3 is 2.77 bits per heavy atom. The lowest BCUT2D eigenvalue weighted by Crippen LogP contribution is -2.58. The number of likely N-dealkylation sites (N-methyl/N-ethyl adjacent to an activating group) is 1. The molecule has 2 aromatic carbocycles. The van der Waals surface area contributed by atoms with Crippen molar-refractivity contribution < 1.29 is 23.8 Å². The van der Waals surface area contributed by atoms with Crippen LogP contribution >= 0.6 is 0 Å². The molecule has 2 aliphatic rings. The molecule has 2 aliphatic heterocycles. The fourth-order valence-electron chi connectivity index (χ4n) is 3.06. The highest BCUT2D eigenvalue weighted by Gasteiger charge is 2.48. The lowest BCUT2D eigenvalue weighted by atomic mass is 10.0. The molecule has 0 radical (unpaired) electrons. The van der Waals surface area contributed by atoms with Crippen molar-refractivity contribution in [1.82, 2.24) is 4.90 Å². The number of nitrogens with zero attached hydrogens (tertiary/aromatic N) is 1. The summed E-state index contributed by atoms with van der Waals surface area (Å²) in [5.41, 5.74) is -0.203. The summed E-state index contributed by atoms with van der Waals surface area (Å²) in [5.74, 6) is 0.886. The van der Waals surface area contributed by atoms with Crippen LogP contribution in [0.3, 0.4) is 0 Å². The first-order chi connectivity index (χ1) is 12.5. The van der Waals surface area contributed by atoms with E-state index in [1.54, 1.807) is 37.4 Å². The summed E-state index contributed by atoms with van der Waals surface area (Å²) in [6, 6.07) is 12.5. The number of hydrogen-bond donors (Lipinski definition) is 1. The normalized spacial score (nSPS) is 20.0. The van der Waals surface area contributed by atoms with E-state index >= 15 is 0 Å². The Kier molecular flexibility index (Phi) is 3.72. The number of carbonyl (C=O) groups is 2. The summed E-state index contributed by atoms with van der Waals surface area (Å²) < 4.78 is 16.4. The van der Waals surface area contributed by atoms with Gasteiger partial charge in [-0.1, -0.05) is 18.2 Å². The number of nitrogens with one attached hydrogen (secondary N) is 1. The van der Waals surface area contributed by atoms with E-state index in [0.717, 1.165) is 5.56 Å². The third-order valence-corrected chi connectivity index (χ3v) is 4.49. The first-order valence-corrected chi connectivity index (χ1v) is 8.21. The topological polar surface area (TPSA) is 77.1 Å². The Morgan fingerprint density at radius 1 is 1.15 bits per heavy atom. The van der Waals surface area contributed by atoms with Crippen LogP contribution in [0.15, 0.2) is 42.5 Å². The van der Waals surface area contributed by atoms with Crippen LogP contribution < -0.4 is 19.5 Å². The number of hydrogen-bond acceptors (Lipinski definition) is 5. The number of rotatable bonds is 3. The Bertz CT molecular complexity index is 897. The highest BCUT2D eigenvalue weighted by molar-refractivity contribution is 6.15. The van der Waals surface area contributed by atoms with Crippen molar-refractivity contribution in [2.75, 3.05) is 19.2 Å². The van der Waals surface area contributed by atoms with Gasteiger partial charge in [-0.3, -0.25) is 9.59 Å². The first kappa shape index (κ1) is 16.3. The lowest BCUT2D eigenvalue weighted by molar-refractivity contribution is -0.154. The molecule has 134 valence electrons. The van der Waals surface area contributed by atoms with Gasteiger partial charge >= 0.3 is 0 Å². The number of benzene rings is 2. The van der Waals surface area contributed by atoms with Gasteiger partial charge in [0.05, 0.1) is 5.69 Å². The smallest absolute Gasteiger partial charge is 0.278 e. The molecule has 2 aromatic rings. The minimum absolute atomic E-state index is 0.193. The van der Waals surface area contributed by atoms with Gasteiger partial charge in [-0.05, 0) is 36.8 Å². The molecular formula is C19H18N2O5. The average Bonchev–Trinajstić information content (AvgIpc) is 3.09. The molecule has 2 heterocycles. The number of anilines is 1. The molecule has 26 heavy (non-hydrogen) atoms. The van der Waals surface area contributed by atoms with Crippen molar-refractivity contribution in [1.29, 1.82) is 0 Å². The summed E-state index contributed by atoms with van der Waals surface area (Å²) in [6.07, 6.45) is 0. The molecule has 0 aromatic heterocycles. The van der Waals surface area contributed by atoms with E-state index in [-0.39, 0.29) is 6.79 Å². The molecule has 7 heteroatoms. The van der Waals surface area contributed by atoms with Crippen LogP contribution in [-0.4, -0.2) is 36.2 Å². The second kappa shape index (κ2) is 5.94. The maximum atomic E-state index is 13.0. The summed E-state index contributed by atoms with van der Waals surface area (Å²) >= 11 is 0. The van der Waals surface area contributed by atoms with E-state index in [1.807, 2.05) is 12.1 Å². The van der Waals surface area contributed by atoms with E-state index in [1.165, 1.54) is 11.8 Å². The van der Waals surface area contributed by atoms with Gasteiger partial charge in [-0.15, -0.1) is 0 Å². The number of ether oxygens (including phenoxy) is 3. The van der Waals surface area contributed by atoms with Gasteiger partial charge in [0.15, 0.2) is 11.5 Å². The predicted molar refractivity (Wildman–Crippen MR) is 93.1 cm³/mol. The molecule has 1 N–H and O–H groups in total. The van der Waals surface area contributed by atoms with Crippen LogP contribution in [0.1, 0.15) is 12.5 Å². The minimum Gasteiger partial charge on any atom is -0.466 e. The molecular weight excluding hydrogens is 336 g/mol. The van der Waals surface area contributed by atoms with E-state index in [2.05, 4.69) is 5.32 Å². The highest BCUT2D eigenvalue weighted by Crippen LogP contribution is 2.35. The van der Waals surface area contributed by atoms with Crippen LogP contribution in [0.25, 0.3) is 0 Å². The second-order valence-corrected chi connectivity index (χ2v) is 6.43. The summed E-state index contributed by atoms with van der Waals surface area (Å²) in [6.45, 7) is 1.99. The Hall–Kier alpha value is -3.22. The van der Waals surface area contributed by atoms with Crippen LogP contribution in [0, 0.1) is 0 Å². The van der Waals surface area contributed by atoms with Gasteiger partial charge in [0.2, 0.25) is 6.79 Å². The average molecular weight is 354 g/mol. The van der Waals surface area contributed by atoms with Crippen molar-refractivity contribution in [2.24, 2.45) is 0 Å². The Labute approximate surface area is 150 Å². The number of para-hydroxylation sites is 2. The number of amides is 2. The van der Waals surface area contributed by atoms with E-state index in [0.29, 0.717) is 29.5 Å². The predicted octanol–water partition coefficient (Wildman–Crippen LogP) is 2.16. The second-order valence-electron chi connectivity index (χ2n) is 6.43. The fraction of sp³-hybridized carbons (Fsp3) is 0.263. The highest BCUT2D eigenvalue weighted by atomic mass is 16.7. The maximum absolute atomic E-state index is 13.0. The molecule has 0 fully saturated rings. The van der Waals surface area contributed by atoms with Crippen molar-refractivity contribution >= 4 is 17.5 Å². The van der Waals surface area contributed by atoms with Crippen LogP contribution in [0.4, 0.5) is 5.69 Å². The van der Waals surface area contributed by atoms with Gasteiger partial charge in [0.25, 0.3) is 17.4 Å². The molecule has 7 nitrogen and oxygen atoms in total. The quantitative estimate of drug-likeness (QED) is 0.855. The van der Waals surface area contributed by atoms with Gasteiger partial charge in [-0.2, -0.15) is 0 Å². The van der Waals surface area contributed by atoms with Crippen molar-refractivity contribution in [3.8, 4) is 17.2 Å². The molecule has 0 spiro atoms. The number of carbonyl (C=O) groups excluding carboxylic acids is 2. The van der Waals surface area contributed by atoms with Gasteiger partial charge < -0.3 is 24.4 Å². The minimum atomic E-state index is -1.63. The third-order valence-electron chi connectivity index (χ3n) is 4.49. The third kappa shape index (κ3) is 2.61. The molecule has 0 aliphatic carbocycles. The van der Waals surface area contributed by atoms with Gasteiger partial charge in [0.1, 0.15) is 5.75 Å². The zero-order valence-corrected chi connectivity index (χ0v) is 14.4. The van der Waals surface area contributed by atoms with Gasteiger partial charge in [-0.25, -0.2) is 0 Å². The lowest BCUT2D eigenvalue weighted by Gasteiger charge is -2.35. The standard InChI is InChI=1S/C19H18N2O5/c1-19(17(22)20-13-5-3-4-6-14(13)26-19)18(23)21(2)10-12-7-8-15-16(9-12)25-11-24-15/h3-9H,10-11H2,1-2H3,(H,20,22). The Balaban J connectivity index is 1.54. The molecule has 0 saturated heterocycles. The van der Waals surface area contributed by atoms with Crippen LogP contribution in [0.2, 0.25) is 0 Å². The molecule has 0 bridgehead atoms. The van der Waals surface area contributed by atoms with E-state index in [4.69, 9.17) is 14.2 Å². The maximum Gasteiger partial charge on any atom is 0.278 e.